The summed E-state index contributed by atoms with van der Waals surface area (Å²) in [6.07, 6.45) is 1.65. The van der Waals surface area contributed by atoms with Crippen molar-refractivity contribution >= 4 is 17.0 Å². The van der Waals surface area contributed by atoms with Gasteiger partial charge in [0.05, 0.1) is 18.2 Å². The lowest BCUT2D eigenvalue weighted by atomic mass is 10.1. The lowest BCUT2D eigenvalue weighted by Crippen LogP contribution is -2.10. The van der Waals surface area contributed by atoms with Crippen LogP contribution in [0.25, 0.3) is 22.4 Å². The second-order valence-corrected chi connectivity index (χ2v) is 5.21. The van der Waals surface area contributed by atoms with E-state index in [1.54, 1.807) is 43.2 Å². The van der Waals surface area contributed by atoms with Crippen molar-refractivity contribution < 1.29 is 19.4 Å². The SMILES string of the molecule is COc1ccnc(-c2nn(C)c3nc(OCC(=O)O)cc(C)c23)c1. The van der Waals surface area contributed by atoms with Gasteiger partial charge in [-0.05, 0) is 18.6 Å². The van der Waals surface area contributed by atoms with Crippen molar-refractivity contribution in [1.29, 1.82) is 0 Å². The van der Waals surface area contributed by atoms with Crippen molar-refractivity contribution in [3.05, 3.63) is 30.0 Å². The first-order chi connectivity index (χ1) is 11.5. The van der Waals surface area contributed by atoms with Gasteiger partial charge >= 0.3 is 5.97 Å². The Labute approximate surface area is 137 Å². The molecule has 124 valence electrons. The molecule has 0 aromatic carbocycles. The Morgan fingerprint density at radius 2 is 2.17 bits per heavy atom. The van der Waals surface area contributed by atoms with E-state index in [0.717, 1.165) is 10.9 Å². The molecule has 0 amide bonds. The molecular weight excluding hydrogens is 312 g/mol. The second-order valence-electron chi connectivity index (χ2n) is 5.21. The fourth-order valence-electron chi connectivity index (χ4n) is 2.46. The molecule has 3 aromatic heterocycles. The number of methoxy groups -OCH3 is 1. The highest BCUT2D eigenvalue weighted by Crippen LogP contribution is 2.31. The number of aryl methyl sites for hydroxylation is 2. The maximum atomic E-state index is 10.6. The molecule has 24 heavy (non-hydrogen) atoms. The van der Waals surface area contributed by atoms with Gasteiger partial charge in [-0.1, -0.05) is 0 Å². The lowest BCUT2D eigenvalue weighted by Gasteiger charge is -2.06. The van der Waals surface area contributed by atoms with Gasteiger partial charge in [-0.2, -0.15) is 10.1 Å². The number of fused-ring (bicyclic) bond motifs is 1. The number of carboxylic acid groups (broad SMARTS) is 1. The van der Waals surface area contributed by atoms with E-state index in [1.165, 1.54) is 0 Å². The van der Waals surface area contributed by atoms with Crippen LogP contribution < -0.4 is 9.47 Å². The van der Waals surface area contributed by atoms with Crippen LogP contribution in [-0.4, -0.2) is 44.5 Å². The maximum Gasteiger partial charge on any atom is 0.341 e. The quantitative estimate of drug-likeness (QED) is 0.762. The zero-order chi connectivity index (χ0) is 17.3. The summed E-state index contributed by atoms with van der Waals surface area (Å²) in [6.45, 7) is 1.45. The number of rotatable bonds is 5. The lowest BCUT2D eigenvalue weighted by molar-refractivity contribution is -0.139. The summed E-state index contributed by atoms with van der Waals surface area (Å²) in [5.41, 5.74) is 2.81. The Hall–Kier alpha value is -3.16. The average Bonchev–Trinajstić information content (AvgIpc) is 2.90. The van der Waals surface area contributed by atoms with E-state index >= 15 is 0 Å². The summed E-state index contributed by atoms with van der Waals surface area (Å²) in [4.78, 5) is 19.4. The molecule has 0 unspecified atom stereocenters. The zero-order valence-electron chi connectivity index (χ0n) is 13.5. The van der Waals surface area contributed by atoms with Crippen LogP contribution in [0.15, 0.2) is 24.4 Å². The molecule has 8 heteroatoms. The summed E-state index contributed by atoms with van der Waals surface area (Å²) in [5.74, 6) is -0.123. The molecule has 0 aliphatic carbocycles. The second kappa shape index (κ2) is 6.15. The van der Waals surface area contributed by atoms with Gasteiger partial charge in [0.2, 0.25) is 5.88 Å². The molecule has 0 aliphatic heterocycles. The third-order valence-electron chi connectivity index (χ3n) is 3.52. The highest BCUT2D eigenvalue weighted by Gasteiger charge is 2.17. The smallest absolute Gasteiger partial charge is 0.341 e. The number of aromatic nitrogens is 4. The summed E-state index contributed by atoms with van der Waals surface area (Å²) >= 11 is 0. The monoisotopic (exact) mass is 328 g/mol. The molecule has 3 heterocycles. The van der Waals surface area contributed by atoms with Crippen LogP contribution in [0.5, 0.6) is 11.6 Å². The highest BCUT2D eigenvalue weighted by molar-refractivity contribution is 5.93. The topological polar surface area (TPSA) is 99.4 Å². The predicted molar refractivity (Wildman–Crippen MR) is 86.2 cm³/mol. The van der Waals surface area contributed by atoms with Gasteiger partial charge in [-0.3, -0.25) is 4.98 Å². The van der Waals surface area contributed by atoms with Gasteiger partial charge in [0.1, 0.15) is 11.4 Å². The molecule has 0 spiro atoms. The van der Waals surface area contributed by atoms with Crippen molar-refractivity contribution in [1.82, 2.24) is 19.7 Å². The number of hydrogen-bond acceptors (Lipinski definition) is 6. The predicted octanol–water partition coefficient (Wildman–Crippen LogP) is 1.81. The third-order valence-corrected chi connectivity index (χ3v) is 3.52. The Kier molecular flexibility index (Phi) is 4.03. The Bertz CT molecular complexity index is 920. The number of ether oxygens (including phenoxy) is 2. The van der Waals surface area contributed by atoms with Crippen LogP contribution in [0.3, 0.4) is 0 Å². The number of carboxylic acids is 1. The molecule has 0 saturated heterocycles. The number of aliphatic carboxylic acids is 1. The standard InChI is InChI=1S/C16H16N4O4/c1-9-6-12(24-8-13(21)22)18-16-14(9)15(19-20(16)2)11-7-10(23-3)4-5-17-11/h4-7H,8H2,1-3H3,(H,21,22). The molecule has 0 aliphatic rings. The molecule has 0 radical (unpaired) electrons. The summed E-state index contributed by atoms with van der Waals surface area (Å²) < 4.78 is 12.0. The van der Waals surface area contributed by atoms with E-state index in [1.807, 2.05) is 6.92 Å². The van der Waals surface area contributed by atoms with E-state index in [0.29, 0.717) is 22.8 Å². The van der Waals surface area contributed by atoms with E-state index in [4.69, 9.17) is 14.6 Å². The number of nitrogens with zero attached hydrogens (tertiary/aromatic N) is 4. The molecule has 0 atom stereocenters. The van der Waals surface area contributed by atoms with Crippen LogP contribution in [0.2, 0.25) is 0 Å². The van der Waals surface area contributed by atoms with Crippen molar-refractivity contribution in [3.8, 4) is 23.0 Å². The molecule has 3 aromatic rings. The molecule has 1 N–H and O–H groups in total. The van der Waals surface area contributed by atoms with Crippen molar-refractivity contribution in [2.75, 3.05) is 13.7 Å². The summed E-state index contributed by atoms with van der Waals surface area (Å²) in [5, 5.41) is 14.1. The van der Waals surface area contributed by atoms with Gasteiger partial charge in [-0.15, -0.1) is 0 Å². The van der Waals surface area contributed by atoms with Gasteiger partial charge < -0.3 is 14.6 Å². The molecule has 0 saturated carbocycles. The Morgan fingerprint density at radius 1 is 1.38 bits per heavy atom. The third kappa shape index (κ3) is 2.85. The van der Waals surface area contributed by atoms with Crippen LogP contribution in [0.4, 0.5) is 0 Å². The fourth-order valence-corrected chi connectivity index (χ4v) is 2.46. The van der Waals surface area contributed by atoms with Gasteiger partial charge in [0, 0.05) is 25.4 Å². The first-order valence-electron chi connectivity index (χ1n) is 7.19. The molecular formula is C16H16N4O4. The van der Waals surface area contributed by atoms with Crippen LogP contribution in [0, 0.1) is 6.92 Å². The van der Waals surface area contributed by atoms with Crippen LogP contribution >= 0.6 is 0 Å². The van der Waals surface area contributed by atoms with Gasteiger partial charge in [0.15, 0.2) is 12.3 Å². The normalized spacial score (nSPS) is 10.8. The van der Waals surface area contributed by atoms with E-state index in [9.17, 15) is 4.79 Å². The summed E-state index contributed by atoms with van der Waals surface area (Å²) in [6, 6.07) is 5.25. The minimum absolute atomic E-state index is 0.246. The minimum Gasteiger partial charge on any atom is -0.497 e. The summed E-state index contributed by atoms with van der Waals surface area (Å²) in [7, 11) is 3.36. The number of pyridine rings is 2. The Balaban J connectivity index is 2.12. The zero-order valence-corrected chi connectivity index (χ0v) is 13.5. The fraction of sp³-hybridized carbons (Fsp3) is 0.250. The van der Waals surface area contributed by atoms with Gasteiger partial charge in [-0.25, -0.2) is 9.48 Å². The van der Waals surface area contributed by atoms with Crippen LogP contribution in [-0.2, 0) is 11.8 Å². The average molecular weight is 328 g/mol. The largest absolute Gasteiger partial charge is 0.497 e. The van der Waals surface area contributed by atoms with Crippen molar-refractivity contribution in [2.45, 2.75) is 6.92 Å². The van der Waals surface area contributed by atoms with Crippen molar-refractivity contribution in [2.24, 2.45) is 7.05 Å². The molecule has 0 fully saturated rings. The first-order valence-corrected chi connectivity index (χ1v) is 7.19. The number of carbonyl (C=O) groups is 1. The van der Waals surface area contributed by atoms with E-state index < -0.39 is 12.6 Å². The molecule has 8 nitrogen and oxygen atoms in total. The molecule has 0 bridgehead atoms. The van der Waals surface area contributed by atoms with Crippen LogP contribution in [0.1, 0.15) is 5.56 Å². The van der Waals surface area contributed by atoms with E-state index in [2.05, 4.69) is 15.1 Å². The highest BCUT2D eigenvalue weighted by atomic mass is 16.5. The van der Waals surface area contributed by atoms with Crippen molar-refractivity contribution in [3.63, 3.8) is 0 Å². The maximum absolute atomic E-state index is 10.6. The minimum atomic E-state index is -1.05. The Morgan fingerprint density at radius 3 is 2.88 bits per heavy atom. The molecule has 3 rings (SSSR count). The van der Waals surface area contributed by atoms with E-state index in [-0.39, 0.29) is 5.88 Å². The first kappa shape index (κ1) is 15.7. The van der Waals surface area contributed by atoms with Gasteiger partial charge in [0.25, 0.3) is 0 Å². The number of hydrogen-bond donors (Lipinski definition) is 1.